The lowest BCUT2D eigenvalue weighted by Crippen LogP contribution is -2.38. The molecule has 68 valence electrons. The van der Waals surface area contributed by atoms with Crippen LogP contribution in [0, 0.1) is 17.2 Å². The Kier molecular flexibility index (Phi) is 4.06. The Hall–Kier alpha value is -0.590. The van der Waals surface area contributed by atoms with Crippen LogP contribution in [0.4, 0.5) is 0 Å². The van der Waals surface area contributed by atoms with Crippen LogP contribution in [0.2, 0.25) is 0 Å². The predicted octanol–water partition coefficient (Wildman–Crippen LogP) is 0.571. The first kappa shape index (κ1) is 9.50. The molecule has 0 radical (unpaired) electrons. The molecular formula is C9H17N3. The molecule has 0 aliphatic carbocycles. The second kappa shape index (κ2) is 5.13. The molecule has 3 nitrogen and oxygen atoms in total. The summed E-state index contributed by atoms with van der Waals surface area (Å²) in [6.07, 6.45) is 3.16. The van der Waals surface area contributed by atoms with Gasteiger partial charge >= 0.3 is 0 Å². The summed E-state index contributed by atoms with van der Waals surface area (Å²) in [6, 6.07) is 2.17. The molecule has 0 aromatic heterocycles. The highest BCUT2D eigenvalue weighted by Gasteiger charge is 2.17. The van der Waals surface area contributed by atoms with Crippen LogP contribution in [-0.4, -0.2) is 31.1 Å². The third-order valence-electron chi connectivity index (χ3n) is 2.48. The van der Waals surface area contributed by atoms with E-state index < -0.39 is 0 Å². The Labute approximate surface area is 74.1 Å². The van der Waals surface area contributed by atoms with Gasteiger partial charge in [0.1, 0.15) is 0 Å². The molecule has 1 atom stereocenters. The minimum atomic E-state index is 0.650. The van der Waals surface area contributed by atoms with Gasteiger partial charge in [0.05, 0.1) is 6.07 Å². The lowest BCUT2D eigenvalue weighted by molar-refractivity contribution is 0.181. The summed E-state index contributed by atoms with van der Waals surface area (Å²) in [4.78, 5) is 2.35. The molecule has 0 saturated carbocycles. The van der Waals surface area contributed by atoms with E-state index in [0.717, 1.165) is 26.2 Å². The van der Waals surface area contributed by atoms with Crippen LogP contribution < -0.4 is 5.73 Å². The van der Waals surface area contributed by atoms with E-state index in [0.29, 0.717) is 12.3 Å². The van der Waals surface area contributed by atoms with Crippen molar-refractivity contribution in [2.45, 2.75) is 19.3 Å². The maximum Gasteiger partial charge on any atom is 0.0635 e. The number of nitrogens with zero attached hydrogens (tertiary/aromatic N) is 2. The van der Waals surface area contributed by atoms with E-state index in [-0.39, 0.29) is 0 Å². The van der Waals surface area contributed by atoms with Crippen molar-refractivity contribution >= 4 is 0 Å². The highest BCUT2D eigenvalue weighted by atomic mass is 15.1. The molecule has 0 aromatic carbocycles. The number of likely N-dealkylation sites (tertiary alicyclic amines) is 1. The summed E-state index contributed by atoms with van der Waals surface area (Å²) in [5, 5.41) is 8.42. The van der Waals surface area contributed by atoms with Crippen LogP contribution in [0.3, 0.4) is 0 Å². The summed E-state index contributed by atoms with van der Waals surface area (Å²) in [7, 11) is 0. The number of nitriles is 1. The van der Waals surface area contributed by atoms with Crippen LogP contribution in [0.15, 0.2) is 0 Å². The Bertz CT molecular complexity index is 162. The Morgan fingerprint density at radius 1 is 1.58 bits per heavy atom. The van der Waals surface area contributed by atoms with Gasteiger partial charge in [0.2, 0.25) is 0 Å². The standard InChI is InChI=1S/C9H17N3/c10-4-2-6-12-5-1-3-9(7-11)8-12/h9H,1-3,5-8,11H2. The molecule has 1 saturated heterocycles. The zero-order valence-electron chi connectivity index (χ0n) is 7.50. The summed E-state index contributed by atoms with van der Waals surface area (Å²) < 4.78 is 0. The fourth-order valence-corrected chi connectivity index (χ4v) is 1.75. The first-order chi connectivity index (χ1) is 5.86. The van der Waals surface area contributed by atoms with Crippen molar-refractivity contribution in [1.29, 1.82) is 5.26 Å². The SMILES string of the molecule is N#CCCN1CCCC(CN)C1. The molecule has 12 heavy (non-hydrogen) atoms. The van der Waals surface area contributed by atoms with Crippen molar-refractivity contribution in [3.8, 4) is 6.07 Å². The monoisotopic (exact) mass is 167 g/mol. The van der Waals surface area contributed by atoms with E-state index in [4.69, 9.17) is 11.0 Å². The van der Waals surface area contributed by atoms with Gasteiger partial charge < -0.3 is 10.6 Å². The molecule has 1 heterocycles. The number of nitrogens with two attached hydrogens (primary N) is 1. The third-order valence-corrected chi connectivity index (χ3v) is 2.48. The van der Waals surface area contributed by atoms with Crippen molar-refractivity contribution in [1.82, 2.24) is 4.90 Å². The molecule has 2 N–H and O–H groups in total. The third kappa shape index (κ3) is 2.80. The first-order valence-electron chi connectivity index (χ1n) is 4.66. The van der Waals surface area contributed by atoms with Gasteiger partial charge in [-0.1, -0.05) is 0 Å². The quantitative estimate of drug-likeness (QED) is 0.668. The lowest BCUT2D eigenvalue weighted by Gasteiger charge is -2.31. The number of hydrogen-bond acceptors (Lipinski definition) is 3. The van der Waals surface area contributed by atoms with E-state index in [1.54, 1.807) is 0 Å². The molecule has 1 aliphatic rings. The summed E-state index contributed by atoms with van der Waals surface area (Å²) >= 11 is 0. The highest BCUT2D eigenvalue weighted by Crippen LogP contribution is 2.14. The second-order valence-electron chi connectivity index (χ2n) is 3.45. The maximum atomic E-state index is 8.42. The van der Waals surface area contributed by atoms with Gasteiger partial charge in [-0.05, 0) is 31.8 Å². The molecular weight excluding hydrogens is 150 g/mol. The molecule has 3 heteroatoms. The minimum absolute atomic E-state index is 0.650. The fourth-order valence-electron chi connectivity index (χ4n) is 1.75. The summed E-state index contributed by atoms with van der Waals surface area (Å²) in [5.74, 6) is 0.664. The molecule has 1 rings (SSSR count). The fraction of sp³-hybridized carbons (Fsp3) is 0.889. The van der Waals surface area contributed by atoms with Crippen molar-refractivity contribution in [2.24, 2.45) is 11.7 Å². The average Bonchev–Trinajstić information content (AvgIpc) is 2.15. The van der Waals surface area contributed by atoms with Gasteiger partial charge in [-0.25, -0.2) is 0 Å². The average molecular weight is 167 g/mol. The van der Waals surface area contributed by atoms with E-state index in [2.05, 4.69) is 11.0 Å². The van der Waals surface area contributed by atoms with Crippen LogP contribution in [-0.2, 0) is 0 Å². The van der Waals surface area contributed by atoms with Crippen LogP contribution >= 0.6 is 0 Å². The minimum Gasteiger partial charge on any atom is -0.330 e. The molecule has 1 fully saturated rings. The van der Waals surface area contributed by atoms with Crippen LogP contribution in [0.25, 0.3) is 0 Å². The van der Waals surface area contributed by atoms with Gasteiger partial charge in [-0.15, -0.1) is 0 Å². The topological polar surface area (TPSA) is 53.0 Å². The number of rotatable bonds is 3. The van der Waals surface area contributed by atoms with Crippen molar-refractivity contribution in [3.05, 3.63) is 0 Å². The number of piperidine rings is 1. The molecule has 0 amide bonds. The maximum absolute atomic E-state index is 8.42. The van der Waals surface area contributed by atoms with Crippen molar-refractivity contribution in [3.63, 3.8) is 0 Å². The Balaban J connectivity index is 2.22. The van der Waals surface area contributed by atoms with Gasteiger partial charge in [0.25, 0.3) is 0 Å². The van der Waals surface area contributed by atoms with Crippen LogP contribution in [0.1, 0.15) is 19.3 Å². The molecule has 1 unspecified atom stereocenters. The largest absolute Gasteiger partial charge is 0.330 e. The smallest absolute Gasteiger partial charge is 0.0635 e. The zero-order valence-corrected chi connectivity index (χ0v) is 7.50. The molecule has 0 bridgehead atoms. The highest BCUT2D eigenvalue weighted by molar-refractivity contribution is 4.77. The second-order valence-corrected chi connectivity index (χ2v) is 3.45. The normalized spacial score (nSPS) is 25.2. The predicted molar refractivity (Wildman–Crippen MR) is 48.4 cm³/mol. The van der Waals surface area contributed by atoms with Gasteiger partial charge in [-0.2, -0.15) is 5.26 Å². The Morgan fingerprint density at radius 3 is 3.08 bits per heavy atom. The van der Waals surface area contributed by atoms with E-state index in [1.807, 2.05) is 0 Å². The molecule has 0 spiro atoms. The van der Waals surface area contributed by atoms with Gasteiger partial charge in [0, 0.05) is 19.5 Å². The Morgan fingerprint density at radius 2 is 2.42 bits per heavy atom. The first-order valence-corrected chi connectivity index (χ1v) is 4.66. The zero-order chi connectivity index (χ0) is 8.81. The summed E-state index contributed by atoms with van der Waals surface area (Å²) in [6.45, 7) is 3.96. The van der Waals surface area contributed by atoms with Crippen molar-refractivity contribution in [2.75, 3.05) is 26.2 Å². The van der Waals surface area contributed by atoms with E-state index in [9.17, 15) is 0 Å². The molecule has 0 aromatic rings. The van der Waals surface area contributed by atoms with Gasteiger partial charge in [0.15, 0.2) is 0 Å². The number of hydrogen-bond donors (Lipinski definition) is 1. The summed E-state index contributed by atoms with van der Waals surface area (Å²) in [5.41, 5.74) is 5.60. The van der Waals surface area contributed by atoms with Crippen LogP contribution in [0.5, 0.6) is 0 Å². The lowest BCUT2D eigenvalue weighted by atomic mass is 9.98. The van der Waals surface area contributed by atoms with Crippen molar-refractivity contribution < 1.29 is 0 Å². The van der Waals surface area contributed by atoms with E-state index in [1.165, 1.54) is 12.8 Å². The van der Waals surface area contributed by atoms with E-state index >= 15 is 0 Å². The molecule has 1 aliphatic heterocycles. The van der Waals surface area contributed by atoms with Gasteiger partial charge in [-0.3, -0.25) is 0 Å².